The Hall–Kier alpha value is -0.280. The van der Waals surface area contributed by atoms with E-state index in [-0.39, 0.29) is 16.5 Å². The Morgan fingerprint density at radius 1 is 1.29 bits per heavy atom. The van der Waals surface area contributed by atoms with Gasteiger partial charge in [-0.25, -0.2) is 8.78 Å². The first-order chi connectivity index (χ1) is 9.93. The average Bonchev–Trinajstić information content (AvgIpc) is 2.47. The molecule has 0 heterocycles. The lowest BCUT2D eigenvalue weighted by Gasteiger charge is -2.18. The summed E-state index contributed by atoms with van der Waals surface area (Å²) in [6.45, 7) is 0. The van der Waals surface area contributed by atoms with E-state index >= 15 is 0 Å². The zero-order valence-corrected chi connectivity index (χ0v) is 15.1. The van der Waals surface area contributed by atoms with Crippen LogP contribution in [0.5, 0.6) is 0 Å². The van der Waals surface area contributed by atoms with Crippen LogP contribution in [-0.4, -0.2) is 0 Å². The van der Waals surface area contributed by atoms with Crippen LogP contribution in [0.15, 0.2) is 34.8 Å². The van der Waals surface area contributed by atoms with Crippen LogP contribution < -0.4 is 11.3 Å². The lowest BCUT2D eigenvalue weighted by molar-refractivity contribution is 0.498. The Bertz CT molecular complexity index is 670. The van der Waals surface area contributed by atoms with Gasteiger partial charge < -0.3 is 0 Å². The molecular formula is C14H11BrClF2IN2. The number of nitrogens with two attached hydrogens (primary N) is 1. The standard InChI is InChI=1S/C14H11BrClF2IN2/c15-9-2-3-11(17)8(14(9)18)6-13(21-20)7-1-4-12(19)10(16)5-7/h1-5,13,21H,6,20H2. The lowest BCUT2D eigenvalue weighted by atomic mass is 9.98. The summed E-state index contributed by atoms with van der Waals surface area (Å²) in [5, 5.41) is 0.573. The predicted molar refractivity (Wildman–Crippen MR) is 92.0 cm³/mol. The minimum Gasteiger partial charge on any atom is -0.271 e. The number of hydrazine groups is 1. The van der Waals surface area contributed by atoms with Gasteiger partial charge in [0, 0.05) is 9.13 Å². The third kappa shape index (κ3) is 3.92. The number of halogens is 5. The van der Waals surface area contributed by atoms with Gasteiger partial charge in [-0.15, -0.1) is 0 Å². The molecule has 0 amide bonds. The van der Waals surface area contributed by atoms with Crippen LogP contribution in [0.4, 0.5) is 8.78 Å². The Kier molecular flexibility index (Phi) is 5.96. The fraction of sp³-hybridized carbons (Fsp3) is 0.143. The van der Waals surface area contributed by atoms with Crippen molar-refractivity contribution < 1.29 is 8.78 Å². The van der Waals surface area contributed by atoms with Crippen LogP contribution in [0.1, 0.15) is 17.2 Å². The van der Waals surface area contributed by atoms with Crippen molar-refractivity contribution in [3.05, 3.63) is 66.2 Å². The molecule has 0 aromatic heterocycles. The van der Waals surface area contributed by atoms with Gasteiger partial charge in [0.05, 0.1) is 15.5 Å². The summed E-state index contributed by atoms with van der Waals surface area (Å²) in [7, 11) is 0. The van der Waals surface area contributed by atoms with Crippen molar-refractivity contribution in [1.82, 2.24) is 5.43 Å². The molecule has 2 rings (SSSR count). The molecule has 2 nitrogen and oxygen atoms in total. The van der Waals surface area contributed by atoms with Gasteiger partial charge in [0.1, 0.15) is 11.6 Å². The molecule has 1 atom stereocenters. The van der Waals surface area contributed by atoms with Crippen LogP contribution in [0.3, 0.4) is 0 Å². The first kappa shape index (κ1) is 17.1. The molecule has 0 spiro atoms. The van der Waals surface area contributed by atoms with Crippen molar-refractivity contribution in [2.75, 3.05) is 0 Å². The number of nitrogens with one attached hydrogen (secondary N) is 1. The highest BCUT2D eigenvalue weighted by Crippen LogP contribution is 2.28. The summed E-state index contributed by atoms with van der Waals surface area (Å²) in [4.78, 5) is 0. The van der Waals surface area contributed by atoms with Crippen molar-refractivity contribution in [3.63, 3.8) is 0 Å². The molecule has 0 saturated carbocycles. The number of benzene rings is 2. The summed E-state index contributed by atoms with van der Waals surface area (Å²) in [5.74, 6) is 4.30. The SMILES string of the molecule is NNC(Cc1c(F)ccc(Br)c1F)c1ccc(I)c(Cl)c1. The molecule has 0 saturated heterocycles. The third-order valence-electron chi connectivity index (χ3n) is 3.09. The van der Waals surface area contributed by atoms with Crippen molar-refractivity contribution in [3.8, 4) is 0 Å². The maximum Gasteiger partial charge on any atom is 0.143 e. The van der Waals surface area contributed by atoms with Gasteiger partial charge in [0.2, 0.25) is 0 Å². The maximum absolute atomic E-state index is 14.0. The predicted octanol–water partition coefficient (Wildman–Crippen LogP) is 4.73. The molecule has 2 aromatic carbocycles. The smallest absolute Gasteiger partial charge is 0.143 e. The molecule has 0 bridgehead atoms. The van der Waals surface area contributed by atoms with Gasteiger partial charge in [-0.3, -0.25) is 11.3 Å². The highest BCUT2D eigenvalue weighted by Gasteiger charge is 2.19. The summed E-state index contributed by atoms with van der Waals surface area (Å²) in [6.07, 6.45) is 0.0739. The monoisotopic (exact) mass is 486 g/mol. The van der Waals surface area contributed by atoms with E-state index in [1.807, 2.05) is 12.1 Å². The van der Waals surface area contributed by atoms with Gasteiger partial charge in [0.25, 0.3) is 0 Å². The van der Waals surface area contributed by atoms with E-state index in [4.69, 9.17) is 17.4 Å². The third-order valence-corrected chi connectivity index (χ3v) is 5.28. The molecule has 1 unspecified atom stereocenters. The molecule has 3 N–H and O–H groups in total. The normalized spacial score (nSPS) is 12.5. The minimum absolute atomic E-state index is 0.0259. The van der Waals surface area contributed by atoms with Crippen molar-refractivity contribution in [2.24, 2.45) is 5.84 Å². The zero-order valence-electron chi connectivity index (χ0n) is 10.6. The Morgan fingerprint density at radius 3 is 2.62 bits per heavy atom. The van der Waals surface area contributed by atoms with E-state index in [1.54, 1.807) is 6.07 Å². The molecule has 0 aliphatic rings. The molecule has 0 radical (unpaired) electrons. The van der Waals surface area contributed by atoms with Crippen molar-refractivity contribution in [1.29, 1.82) is 0 Å². The lowest BCUT2D eigenvalue weighted by Crippen LogP contribution is -2.30. The largest absolute Gasteiger partial charge is 0.271 e. The highest BCUT2D eigenvalue weighted by molar-refractivity contribution is 14.1. The van der Waals surface area contributed by atoms with E-state index in [2.05, 4.69) is 43.9 Å². The number of rotatable bonds is 4. The van der Waals surface area contributed by atoms with E-state index in [0.717, 1.165) is 9.13 Å². The first-order valence-electron chi connectivity index (χ1n) is 5.97. The Balaban J connectivity index is 2.35. The van der Waals surface area contributed by atoms with Crippen molar-refractivity contribution in [2.45, 2.75) is 12.5 Å². The van der Waals surface area contributed by atoms with Crippen LogP contribution >= 0.6 is 50.1 Å². The minimum atomic E-state index is -0.619. The zero-order chi connectivity index (χ0) is 15.6. The molecule has 21 heavy (non-hydrogen) atoms. The van der Waals surface area contributed by atoms with Crippen LogP contribution in [0.2, 0.25) is 5.02 Å². The Morgan fingerprint density at radius 2 is 2.00 bits per heavy atom. The molecular weight excluding hydrogens is 476 g/mol. The van der Waals surface area contributed by atoms with Gasteiger partial charge in [-0.05, 0) is 74.8 Å². The number of hydrogen-bond acceptors (Lipinski definition) is 2. The molecule has 7 heteroatoms. The number of hydrogen-bond donors (Lipinski definition) is 2. The van der Waals surface area contributed by atoms with Crippen LogP contribution in [0.25, 0.3) is 0 Å². The molecule has 112 valence electrons. The van der Waals surface area contributed by atoms with Crippen LogP contribution in [0, 0.1) is 15.2 Å². The Labute approximate surface area is 148 Å². The average molecular weight is 488 g/mol. The second-order valence-electron chi connectivity index (χ2n) is 4.42. The van der Waals surface area contributed by atoms with Gasteiger partial charge in [-0.2, -0.15) is 0 Å². The van der Waals surface area contributed by atoms with E-state index < -0.39 is 17.7 Å². The fourth-order valence-corrected chi connectivity index (χ4v) is 2.86. The second-order valence-corrected chi connectivity index (χ2v) is 6.84. The molecule has 2 aromatic rings. The van der Waals surface area contributed by atoms with Crippen molar-refractivity contribution >= 4 is 50.1 Å². The molecule has 0 aliphatic carbocycles. The van der Waals surface area contributed by atoms with Gasteiger partial charge in [0.15, 0.2) is 0 Å². The first-order valence-corrected chi connectivity index (χ1v) is 8.22. The maximum atomic E-state index is 14.0. The molecule has 0 aliphatic heterocycles. The summed E-state index contributed by atoms with van der Waals surface area (Å²) >= 11 is 11.2. The van der Waals surface area contributed by atoms with E-state index in [1.165, 1.54) is 12.1 Å². The van der Waals surface area contributed by atoms with Gasteiger partial charge >= 0.3 is 0 Å². The van der Waals surface area contributed by atoms with E-state index in [0.29, 0.717) is 5.02 Å². The fourth-order valence-electron chi connectivity index (χ4n) is 1.96. The topological polar surface area (TPSA) is 38.0 Å². The quantitative estimate of drug-likeness (QED) is 0.283. The molecule has 0 fully saturated rings. The summed E-state index contributed by atoms with van der Waals surface area (Å²) in [5.41, 5.74) is 3.32. The van der Waals surface area contributed by atoms with Crippen LogP contribution in [-0.2, 0) is 6.42 Å². The second kappa shape index (κ2) is 7.32. The van der Waals surface area contributed by atoms with Gasteiger partial charge in [-0.1, -0.05) is 17.7 Å². The highest BCUT2D eigenvalue weighted by atomic mass is 127. The summed E-state index contributed by atoms with van der Waals surface area (Å²) < 4.78 is 29.0. The van der Waals surface area contributed by atoms with E-state index in [9.17, 15) is 8.78 Å². The summed E-state index contributed by atoms with van der Waals surface area (Å²) in [6, 6.07) is 7.50.